The lowest BCUT2D eigenvalue weighted by atomic mass is 9.35. The molecule has 2 heterocycles. The van der Waals surface area contributed by atoms with Crippen LogP contribution in [0, 0.1) is 5.41 Å². The zero-order valence-corrected chi connectivity index (χ0v) is 20.1. The number of nitrogens with zero attached hydrogens (tertiary/aromatic N) is 3. The number of aliphatic hydroxyl groups excluding tert-OH is 1. The van der Waals surface area contributed by atoms with E-state index in [1.54, 1.807) is 38.1 Å². The molecule has 10 nitrogen and oxygen atoms in total. The van der Waals surface area contributed by atoms with Crippen LogP contribution in [0.25, 0.3) is 11.3 Å². The van der Waals surface area contributed by atoms with Gasteiger partial charge in [-0.05, 0) is 44.1 Å². The van der Waals surface area contributed by atoms with Crippen molar-refractivity contribution in [3.8, 4) is 11.3 Å². The highest BCUT2D eigenvalue weighted by Gasteiger charge is 2.66. The molecule has 6 rings (SSSR count). The zero-order valence-electron chi connectivity index (χ0n) is 20.1. The predicted molar refractivity (Wildman–Crippen MR) is 129 cm³/mol. The number of aliphatic hydroxyl groups is 1. The molecule has 3 aliphatic carbocycles. The van der Waals surface area contributed by atoms with Crippen LogP contribution >= 0.6 is 0 Å². The molecule has 2 amide bonds. The molecule has 0 spiro atoms. The molecule has 0 atom stereocenters. The highest BCUT2D eigenvalue weighted by atomic mass is 16.5. The van der Waals surface area contributed by atoms with Crippen LogP contribution in [-0.4, -0.2) is 38.5 Å². The Bertz CT molecular complexity index is 1300. The molecular formula is C25H30N6O4. The average Bonchev–Trinajstić information content (AvgIpc) is 3.36. The highest BCUT2D eigenvalue weighted by molar-refractivity contribution is 6.03. The molecule has 1 aromatic carbocycles. The molecule has 10 heteroatoms. The summed E-state index contributed by atoms with van der Waals surface area (Å²) in [5.74, 6) is -0.481. The first kappa shape index (κ1) is 23.1. The van der Waals surface area contributed by atoms with Crippen LogP contribution in [0.1, 0.15) is 61.6 Å². The van der Waals surface area contributed by atoms with Gasteiger partial charge in [-0.1, -0.05) is 36.3 Å². The number of nitrogens with one attached hydrogen (secondary N) is 1. The summed E-state index contributed by atoms with van der Waals surface area (Å²) in [4.78, 5) is 24.7. The maximum absolute atomic E-state index is 12.6. The Balaban J connectivity index is 1.28. The van der Waals surface area contributed by atoms with Crippen molar-refractivity contribution in [1.29, 1.82) is 0 Å². The summed E-state index contributed by atoms with van der Waals surface area (Å²) in [7, 11) is 0. The predicted octanol–water partition coefficient (Wildman–Crippen LogP) is 2.57. The van der Waals surface area contributed by atoms with Crippen LogP contribution in [0.3, 0.4) is 0 Å². The number of amides is 2. The largest absolute Gasteiger partial charge is 0.394 e. The SMILES string of the molecule is CC12CC(c3cc(NC(=O)Cc4ccc(-c5nn(C(C)(C)CO)c(N)c5C(N)=O)cc4)on3)(C1)C2. The van der Waals surface area contributed by atoms with E-state index >= 15 is 0 Å². The summed E-state index contributed by atoms with van der Waals surface area (Å²) in [6.45, 7) is 5.56. The molecule has 184 valence electrons. The molecule has 3 aliphatic rings. The molecule has 0 saturated heterocycles. The van der Waals surface area contributed by atoms with Gasteiger partial charge >= 0.3 is 0 Å². The van der Waals surface area contributed by atoms with Gasteiger partial charge < -0.3 is 21.1 Å². The van der Waals surface area contributed by atoms with E-state index in [1.165, 1.54) is 4.68 Å². The summed E-state index contributed by atoms with van der Waals surface area (Å²) in [6, 6.07) is 8.90. The van der Waals surface area contributed by atoms with E-state index in [1.807, 2.05) is 6.07 Å². The minimum absolute atomic E-state index is 0.0920. The number of carbonyl (C=O) groups is 2. The minimum Gasteiger partial charge on any atom is -0.394 e. The third kappa shape index (κ3) is 3.78. The highest BCUT2D eigenvalue weighted by Crippen LogP contribution is 2.73. The van der Waals surface area contributed by atoms with E-state index in [0.29, 0.717) is 22.6 Å². The Kier molecular flexibility index (Phi) is 5.06. The lowest BCUT2D eigenvalue weighted by Gasteiger charge is -2.68. The molecule has 3 aromatic rings. The second kappa shape index (κ2) is 7.67. The van der Waals surface area contributed by atoms with Crippen LogP contribution in [0.15, 0.2) is 34.9 Å². The van der Waals surface area contributed by atoms with Gasteiger partial charge in [0.05, 0.1) is 24.3 Å². The summed E-state index contributed by atoms with van der Waals surface area (Å²) in [5, 5.41) is 21.1. The number of aromatic nitrogens is 3. The number of carbonyl (C=O) groups excluding carboxylic acids is 2. The maximum atomic E-state index is 12.6. The number of rotatable bonds is 8. The van der Waals surface area contributed by atoms with Gasteiger partial charge in [-0.2, -0.15) is 5.10 Å². The van der Waals surface area contributed by atoms with Crippen molar-refractivity contribution in [2.45, 2.75) is 57.4 Å². The second-order valence-electron chi connectivity index (χ2n) is 11.0. The van der Waals surface area contributed by atoms with E-state index in [0.717, 1.165) is 30.5 Å². The van der Waals surface area contributed by atoms with Gasteiger partial charge in [0.2, 0.25) is 11.8 Å². The second-order valence-corrected chi connectivity index (χ2v) is 11.0. The van der Waals surface area contributed by atoms with E-state index in [-0.39, 0.29) is 35.7 Å². The molecule has 6 N–H and O–H groups in total. The van der Waals surface area contributed by atoms with Gasteiger partial charge in [-0.3, -0.25) is 14.9 Å². The molecule has 0 radical (unpaired) electrons. The van der Waals surface area contributed by atoms with Crippen molar-refractivity contribution in [1.82, 2.24) is 14.9 Å². The minimum atomic E-state index is -0.818. The van der Waals surface area contributed by atoms with E-state index in [9.17, 15) is 14.7 Å². The molecule has 2 bridgehead atoms. The number of anilines is 2. The molecule has 3 fully saturated rings. The number of benzene rings is 1. The van der Waals surface area contributed by atoms with E-state index in [4.69, 9.17) is 16.0 Å². The first-order valence-electron chi connectivity index (χ1n) is 11.6. The maximum Gasteiger partial charge on any atom is 0.254 e. The van der Waals surface area contributed by atoms with Crippen molar-refractivity contribution in [2.75, 3.05) is 17.7 Å². The first-order valence-corrected chi connectivity index (χ1v) is 11.6. The van der Waals surface area contributed by atoms with Crippen LogP contribution < -0.4 is 16.8 Å². The Morgan fingerprint density at radius 3 is 2.46 bits per heavy atom. The van der Waals surface area contributed by atoms with Gasteiger partial charge in [0, 0.05) is 17.0 Å². The Labute approximate surface area is 202 Å². The Morgan fingerprint density at radius 1 is 1.23 bits per heavy atom. The number of hydrogen-bond acceptors (Lipinski definition) is 7. The number of nitrogen functional groups attached to an aromatic ring is 1. The standard InChI is InChI=1S/C25H30N6O4/c1-23(2,13-32)31-21(26)19(22(27)34)20(29-31)15-6-4-14(5-7-15)8-17(33)28-18-9-16(30-35-18)25-10-24(3,11-25)12-25/h4-7,9,32H,8,10-13,26H2,1-3H3,(H2,27,34)(H,28,33). The lowest BCUT2D eigenvalue weighted by Crippen LogP contribution is -2.62. The van der Waals surface area contributed by atoms with Crippen molar-refractivity contribution in [3.05, 3.63) is 47.2 Å². The van der Waals surface area contributed by atoms with E-state index in [2.05, 4.69) is 22.5 Å². The lowest BCUT2D eigenvalue weighted by molar-refractivity contribution is -0.129. The summed E-state index contributed by atoms with van der Waals surface area (Å²) in [6.07, 6.45) is 3.53. The molecular weight excluding hydrogens is 448 g/mol. The van der Waals surface area contributed by atoms with Crippen LogP contribution in [0.5, 0.6) is 0 Å². The van der Waals surface area contributed by atoms with Crippen molar-refractivity contribution < 1.29 is 19.2 Å². The van der Waals surface area contributed by atoms with Gasteiger partial charge in [-0.15, -0.1) is 0 Å². The fourth-order valence-electron chi connectivity index (χ4n) is 5.70. The Morgan fingerprint density at radius 2 is 1.89 bits per heavy atom. The summed E-state index contributed by atoms with van der Waals surface area (Å²) >= 11 is 0. The Hall–Kier alpha value is -3.66. The first-order chi connectivity index (χ1) is 16.5. The summed E-state index contributed by atoms with van der Waals surface area (Å²) < 4.78 is 6.75. The molecule has 2 aromatic heterocycles. The third-order valence-corrected chi connectivity index (χ3v) is 7.33. The van der Waals surface area contributed by atoms with Gasteiger partial charge in [-0.25, -0.2) is 4.68 Å². The van der Waals surface area contributed by atoms with Crippen molar-refractivity contribution in [2.24, 2.45) is 11.1 Å². The average molecular weight is 479 g/mol. The van der Waals surface area contributed by atoms with Crippen LogP contribution in [0.4, 0.5) is 11.7 Å². The molecule has 35 heavy (non-hydrogen) atoms. The van der Waals surface area contributed by atoms with Gasteiger partial charge in [0.25, 0.3) is 5.91 Å². The van der Waals surface area contributed by atoms with Crippen LogP contribution in [-0.2, 0) is 22.2 Å². The number of hydrogen-bond donors (Lipinski definition) is 4. The number of nitrogens with two attached hydrogens (primary N) is 2. The number of primary amides is 1. The fraction of sp³-hybridized carbons (Fsp3) is 0.440. The van der Waals surface area contributed by atoms with Gasteiger partial charge in [0.15, 0.2) is 0 Å². The van der Waals surface area contributed by atoms with Crippen molar-refractivity contribution in [3.63, 3.8) is 0 Å². The topological polar surface area (TPSA) is 162 Å². The fourth-order valence-corrected chi connectivity index (χ4v) is 5.70. The monoisotopic (exact) mass is 478 g/mol. The van der Waals surface area contributed by atoms with Crippen molar-refractivity contribution >= 4 is 23.5 Å². The molecule has 0 unspecified atom stereocenters. The molecule has 0 aliphatic heterocycles. The smallest absolute Gasteiger partial charge is 0.254 e. The summed E-state index contributed by atoms with van der Waals surface area (Å²) in [5.41, 5.74) is 14.2. The normalized spacial score (nSPS) is 22.9. The van der Waals surface area contributed by atoms with Gasteiger partial charge in [0.1, 0.15) is 17.1 Å². The molecule has 3 saturated carbocycles. The van der Waals surface area contributed by atoms with E-state index < -0.39 is 11.4 Å². The third-order valence-electron chi connectivity index (χ3n) is 7.33. The quantitative estimate of drug-likeness (QED) is 0.387. The van der Waals surface area contributed by atoms with Crippen LogP contribution in [0.2, 0.25) is 0 Å². The zero-order chi connectivity index (χ0) is 25.2.